The van der Waals surface area contributed by atoms with Gasteiger partial charge in [-0.3, -0.25) is 10.4 Å². The molecule has 7 heteroatoms. The molecule has 5 N–H and O–H groups in total. The van der Waals surface area contributed by atoms with Crippen LogP contribution < -0.4 is 16.6 Å². The molecule has 98 valence electrons. The molecule has 0 aliphatic carbocycles. The first kappa shape index (κ1) is 12.9. The van der Waals surface area contributed by atoms with E-state index in [2.05, 4.69) is 4.98 Å². The van der Waals surface area contributed by atoms with Crippen molar-refractivity contribution in [2.75, 3.05) is 10.7 Å². The van der Waals surface area contributed by atoms with Crippen LogP contribution in [0.4, 0.5) is 20.3 Å². The second kappa shape index (κ2) is 4.99. The van der Waals surface area contributed by atoms with Crippen LogP contribution in [-0.4, -0.2) is 10.8 Å². The van der Waals surface area contributed by atoms with Crippen molar-refractivity contribution in [3.05, 3.63) is 53.7 Å². The van der Waals surface area contributed by atoms with Crippen LogP contribution in [0.2, 0.25) is 0 Å². The van der Waals surface area contributed by atoms with Crippen LogP contribution in [0.5, 0.6) is 0 Å². The zero-order valence-electron chi connectivity index (χ0n) is 9.77. The van der Waals surface area contributed by atoms with Crippen molar-refractivity contribution in [1.82, 2.24) is 4.98 Å². The van der Waals surface area contributed by atoms with Crippen molar-refractivity contribution in [1.29, 1.82) is 5.41 Å². The highest BCUT2D eigenvalue weighted by atomic mass is 19.2. The molecule has 1 heterocycles. The molecule has 5 nitrogen and oxygen atoms in total. The molecule has 2 rings (SSSR count). The van der Waals surface area contributed by atoms with Crippen molar-refractivity contribution < 1.29 is 8.78 Å². The number of hydrazine groups is 1. The number of nitrogen functional groups attached to an aromatic ring is 1. The van der Waals surface area contributed by atoms with E-state index in [1.165, 1.54) is 24.4 Å². The van der Waals surface area contributed by atoms with Gasteiger partial charge in [-0.2, -0.15) is 0 Å². The van der Waals surface area contributed by atoms with Crippen LogP contribution in [-0.2, 0) is 0 Å². The molecule has 19 heavy (non-hydrogen) atoms. The number of pyridine rings is 1. The molecule has 0 aliphatic heterocycles. The number of halogens is 2. The Morgan fingerprint density at radius 1 is 1.21 bits per heavy atom. The quantitative estimate of drug-likeness (QED) is 0.332. The van der Waals surface area contributed by atoms with Gasteiger partial charge in [0.2, 0.25) is 0 Å². The van der Waals surface area contributed by atoms with Crippen molar-refractivity contribution >= 4 is 17.3 Å². The maximum Gasteiger partial charge on any atom is 0.183 e. The van der Waals surface area contributed by atoms with Gasteiger partial charge in [0.15, 0.2) is 17.5 Å². The summed E-state index contributed by atoms with van der Waals surface area (Å²) in [6.45, 7) is 0. The molecule has 0 atom stereocenters. The van der Waals surface area contributed by atoms with E-state index in [9.17, 15) is 8.78 Å². The SMILES string of the molecule is N=C(c1cccnc1N)N(N)c1cccc(F)c1F. The van der Waals surface area contributed by atoms with E-state index < -0.39 is 11.6 Å². The Hall–Kier alpha value is -2.54. The van der Waals surface area contributed by atoms with Crippen LogP contribution in [0.25, 0.3) is 0 Å². The fourth-order valence-electron chi connectivity index (χ4n) is 1.55. The number of amidine groups is 1. The minimum absolute atomic E-state index is 0.0831. The molecule has 0 bridgehead atoms. The van der Waals surface area contributed by atoms with Gasteiger partial charge in [0.05, 0.1) is 11.3 Å². The summed E-state index contributed by atoms with van der Waals surface area (Å²) in [6, 6.07) is 6.61. The molecular weight excluding hydrogens is 252 g/mol. The summed E-state index contributed by atoms with van der Waals surface area (Å²) < 4.78 is 26.7. The normalized spacial score (nSPS) is 10.3. The molecule has 2 aromatic rings. The Morgan fingerprint density at radius 2 is 1.95 bits per heavy atom. The average Bonchev–Trinajstić information content (AvgIpc) is 2.41. The zero-order valence-corrected chi connectivity index (χ0v) is 9.77. The van der Waals surface area contributed by atoms with Crippen molar-refractivity contribution in [3.63, 3.8) is 0 Å². The highest BCUT2D eigenvalue weighted by Crippen LogP contribution is 2.21. The number of hydrogen-bond acceptors (Lipinski definition) is 4. The topological polar surface area (TPSA) is 92.0 Å². The molecule has 0 saturated heterocycles. The fourth-order valence-corrected chi connectivity index (χ4v) is 1.55. The molecule has 1 aromatic heterocycles. The van der Waals surface area contributed by atoms with Crippen LogP contribution in [0.3, 0.4) is 0 Å². The van der Waals surface area contributed by atoms with Crippen LogP contribution in [0, 0.1) is 17.0 Å². The third-order valence-electron chi connectivity index (χ3n) is 2.53. The van der Waals surface area contributed by atoms with Crippen molar-refractivity contribution in [2.45, 2.75) is 0 Å². The average molecular weight is 263 g/mol. The van der Waals surface area contributed by atoms with E-state index in [1.54, 1.807) is 6.07 Å². The van der Waals surface area contributed by atoms with Gasteiger partial charge in [-0.25, -0.2) is 19.6 Å². The molecular formula is C12H11F2N5. The van der Waals surface area contributed by atoms with Crippen molar-refractivity contribution in [3.8, 4) is 0 Å². The van der Waals surface area contributed by atoms with Gasteiger partial charge in [0.25, 0.3) is 0 Å². The van der Waals surface area contributed by atoms with E-state index in [1.807, 2.05) is 0 Å². The van der Waals surface area contributed by atoms with Gasteiger partial charge in [-0.05, 0) is 24.3 Å². The Morgan fingerprint density at radius 3 is 2.63 bits per heavy atom. The van der Waals surface area contributed by atoms with E-state index in [-0.39, 0.29) is 22.9 Å². The highest BCUT2D eigenvalue weighted by molar-refractivity contribution is 6.09. The molecule has 0 saturated carbocycles. The number of nitrogens with two attached hydrogens (primary N) is 2. The van der Waals surface area contributed by atoms with Crippen LogP contribution >= 0.6 is 0 Å². The number of nitrogens with zero attached hydrogens (tertiary/aromatic N) is 2. The van der Waals surface area contributed by atoms with E-state index >= 15 is 0 Å². The van der Waals surface area contributed by atoms with E-state index in [0.717, 1.165) is 6.07 Å². The van der Waals surface area contributed by atoms with Gasteiger partial charge in [0, 0.05) is 6.20 Å². The smallest absolute Gasteiger partial charge is 0.183 e. The minimum atomic E-state index is -1.13. The molecule has 0 spiro atoms. The number of nitrogens with one attached hydrogen (secondary N) is 1. The monoisotopic (exact) mass is 263 g/mol. The Balaban J connectivity index is 2.40. The fraction of sp³-hybridized carbons (Fsp3) is 0. The summed E-state index contributed by atoms with van der Waals surface area (Å²) in [5.41, 5.74) is 5.58. The number of benzene rings is 1. The predicted molar refractivity (Wildman–Crippen MR) is 68.5 cm³/mol. The second-order valence-corrected chi connectivity index (χ2v) is 3.73. The molecule has 1 aromatic carbocycles. The predicted octanol–water partition coefficient (Wildman–Crippen LogP) is 1.65. The molecule has 0 radical (unpaired) electrons. The van der Waals surface area contributed by atoms with Gasteiger partial charge in [-0.15, -0.1) is 0 Å². The van der Waals surface area contributed by atoms with E-state index in [4.69, 9.17) is 17.0 Å². The summed E-state index contributed by atoms with van der Waals surface area (Å²) in [5.74, 6) is 3.26. The molecule has 0 amide bonds. The van der Waals surface area contributed by atoms with Crippen LogP contribution in [0.1, 0.15) is 5.56 Å². The van der Waals surface area contributed by atoms with Gasteiger partial charge in [0.1, 0.15) is 5.82 Å². The van der Waals surface area contributed by atoms with Gasteiger partial charge < -0.3 is 5.73 Å². The van der Waals surface area contributed by atoms with E-state index in [0.29, 0.717) is 5.01 Å². The number of aromatic nitrogens is 1. The van der Waals surface area contributed by atoms with Gasteiger partial charge in [-0.1, -0.05) is 6.07 Å². The third kappa shape index (κ3) is 2.36. The number of hydrogen-bond donors (Lipinski definition) is 3. The van der Waals surface area contributed by atoms with Crippen LogP contribution in [0.15, 0.2) is 36.5 Å². The third-order valence-corrected chi connectivity index (χ3v) is 2.53. The lowest BCUT2D eigenvalue weighted by Gasteiger charge is -2.20. The standard InChI is InChI=1S/C12H11F2N5/c13-8-4-1-5-9(10(8)14)19(17)12(16)7-3-2-6-18-11(7)15/h1-6,16H,17H2,(H2,15,18). The van der Waals surface area contributed by atoms with Crippen molar-refractivity contribution in [2.24, 2.45) is 5.84 Å². The lowest BCUT2D eigenvalue weighted by Crippen LogP contribution is -2.38. The first-order valence-electron chi connectivity index (χ1n) is 5.30. The number of rotatable bonds is 2. The molecule has 0 fully saturated rings. The minimum Gasteiger partial charge on any atom is -0.383 e. The lowest BCUT2D eigenvalue weighted by molar-refractivity contribution is 0.509. The summed E-state index contributed by atoms with van der Waals surface area (Å²) in [7, 11) is 0. The Kier molecular flexibility index (Phi) is 3.39. The largest absolute Gasteiger partial charge is 0.383 e. The lowest BCUT2D eigenvalue weighted by atomic mass is 10.2. The number of anilines is 2. The Labute approximate surface area is 107 Å². The molecule has 0 unspecified atom stereocenters. The summed E-state index contributed by atoms with van der Waals surface area (Å²) in [4.78, 5) is 3.80. The van der Waals surface area contributed by atoms with Gasteiger partial charge >= 0.3 is 0 Å². The second-order valence-electron chi connectivity index (χ2n) is 3.73. The Bertz CT molecular complexity index is 629. The highest BCUT2D eigenvalue weighted by Gasteiger charge is 2.18. The maximum absolute atomic E-state index is 13.6. The zero-order chi connectivity index (χ0) is 14.0. The summed E-state index contributed by atoms with van der Waals surface area (Å²) in [6.07, 6.45) is 1.45. The maximum atomic E-state index is 13.6. The first-order chi connectivity index (χ1) is 9.02. The first-order valence-corrected chi connectivity index (χ1v) is 5.30. The molecule has 0 aliphatic rings. The summed E-state index contributed by atoms with van der Waals surface area (Å²) >= 11 is 0. The summed E-state index contributed by atoms with van der Waals surface area (Å²) in [5, 5.41) is 8.59.